The normalized spacial score (nSPS) is 9.81. The molecule has 0 bridgehead atoms. The first-order chi connectivity index (χ1) is 12.8. The highest BCUT2D eigenvalue weighted by molar-refractivity contribution is 5.89. The summed E-state index contributed by atoms with van der Waals surface area (Å²) in [5.41, 5.74) is 3.53. The highest BCUT2D eigenvalue weighted by atomic mass is 16.5. The second kappa shape index (κ2) is 10.1. The van der Waals surface area contributed by atoms with Gasteiger partial charge in [0.2, 0.25) is 0 Å². The van der Waals surface area contributed by atoms with Crippen molar-refractivity contribution >= 4 is 5.97 Å². The quantitative estimate of drug-likeness (QED) is 0.600. The first-order valence-corrected chi connectivity index (χ1v) is 8.89. The van der Waals surface area contributed by atoms with Gasteiger partial charge in [0.05, 0.1) is 6.61 Å². The van der Waals surface area contributed by atoms with Gasteiger partial charge in [-0.25, -0.2) is 4.79 Å². The molecule has 136 valence electrons. The zero-order valence-electron chi connectivity index (χ0n) is 15.5. The van der Waals surface area contributed by atoms with Crippen LogP contribution in [0.5, 0.6) is 5.75 Å². The van der Waals surface area contributed by atoms with E-state index in [4.69, 9.17) is 9.47 Å². The van der Waals surface area contributed by atoms with E-state index in [1.54, 1.807) is 19.2 Å². The predicted molar refractivity (Wildman–Crippen MR) is 104 cm³/mol. The van der Waals surface area contributed by atoms with E-state index >= 15 is 0 Å². The number of benzene rings is 2. The van der Waals surface area contributed by atoms with Gasteiger partial charge < -0.3 is 14.5 Å². The lowest BCUT2D eigenvalue weighted by Crippen LogP contribution is -2.04. The van der Waals surface area contributed by atoms with Gasteiger partial charge in [0, 0.05) is 6.20 Å². The van der Waals surface area contributed by atoms with E-state index in [0.29, 0.717) is 18.9 Å². The van der Waals surface area contributed by atoms with Gasteiger partial charge in [-0.1, -0.05) is 56.3 Å². The van der Waals surface area contributed by atoms with Crippen molar-refractivity contribution in [3.8, 4) is 16.9 Å². The second-order valence-corrected chi connectivity index (χ2v) is 5.32. The molecule has 26 heavy (non-hydrogen) atoms. The minimum Gasteiger partial charge on any atom is -0.489 e. The maximum Gasteiger partial charge on any atom is 0.354 e. The van der Waals surface area contributed by atoms with Gasteiger partial charge in [0.15, 0.2) is 0 Å². The van der Waals surface area contributed by atoms with Crippen LogP contribution in [0, 0.1) is 0 Å². The minimum atomic E-state index is -0.341. The molecule has 2 aromatic carbocycles. The highest BCUT2D eigenvalue weighted by Crippen LogP contribution is 2.24. The van der Waals surface area contributed by atoms with Crippen LogP contribution < -0.4 is 4.74 Å². The zero-order valence-corrected chi connectivity index (χ0v) is 15.5. The summed E-state index contributed by atoms with van der Waals surface area (Å²) in [4.78, 5) is 14.6. The Bertz CT molecular complexity index is 792. The van der Waals surface area contributed by atoms with Crippen LogP contribution in [0.4, 0.5) is 0 Å². The number of hydrogen-bond acceptors (Lipinski definition) is 3. The summed E-state index contributed by atoms with van der Waals surface area (Å²) < 4.78 is 10.8. The van der Waals surface area contributed by atoms with Crippen LogP contribution in [0.3, 0.4) is 0 Å². The first kappa shape index (κ1) is 19.3. The molecule has 0 aliphatic heterocycles. The van der Waals surface area contributed by atoms with Crippen molar-refractivity contribution in [3.05, 3.63) is 78.1 Å². The molecule has 4 heteroatoms. The average molecular weight is 351 g/mol. The lowest BCUT2D eigenvalue weighted by molar-refractivity contribution is 0.0520. The summed E-state index contributed by atoms with van der Waals surface area (Å²) in [6.07, 6.45) is 1.80. The Morgan fingerprint density at radius 3 is 2.31 bits per heavy atom. The van der Waals surface area contributed by atoms with Crippen molar-refractivity contribution in [3.63, 3.8) is 0 Å². The molecular formula is C22H25NO3. The molecule has 1 aromatic heterocycles. The van der Waals surface area contributed by atoms with E-state index < -0.39 is 0 Å². The van der Waals surface area contributed by atoms with Crippen LogP contribution in [0.1, 0.15) is 36.8 Å². The number of rotatable bonds is 6. The number of ether oxygens (including phenoxy) is 2. The molecule has 0 atom stereocenters. The van der Waals surface area contributed by atoms with Gasteiger partial charge in [-0.2, -0.15) is 0 Å². The second-order valence-electron chi connectivity index (χ2n) is 5.32. The molecule has 3 rings (SSSR count). The number of aromatic amines is 1. The lowest BCUT2D eigenvalue weighted by Gasteiger charge is -2.07. The largest absolute Gasteiger partial charge is 0.489 e. The molecular weight excluding hydrogens is 326 g/mol. The fraction of sp³-hybridized carbons (Fsp3) is 0.227. The smallest absolute Gasteiger partial charge is 0.354 e. The fourth-order valence-electron chi connectivity index (χ4n) is 2.37. The Labute approximate surface area is 154 Å². The van der Waals surface area contributed by atoms with E-state index in [-0.39, 0.29) is 5.97 Å². The van der Waals surface area contributed by atoms with Gasteiger partial charge in [-0.15, -0.1) is 0 Å². The summed E-state index contributed by atoms with van der Waals surface area (Å²) in [7, 11) is 0. The zero-order chi connectivity index (χ0) is 18.8. The van der Waals surface area contributed by atoms with E-state index in [9.17, 15) is 4.79 Å². The van der Waals surface area contributed by atoms with Gasteiger partial charge in [-0.05, 0) is 41.8 Å². The van der Waals surface area contributed by atoms with Crippen molar-refractivity contribution < 1.29 is 14.3 Å². The molecule has 0 amide bonds. The third-order valence-electron chi connectivity index (χ3n) is 3.61. The molecule has 1 N–H and O–H groups in total. The van der Waals surface area contributed by atoms with Gasteiger partial charge in [0.1, 0.15) is 18.1 Å². The molecule has 0 spiro atoms. The molecule has 3 aromatic rings. The Morgan fingerprint density at radius 1 is 0.962 bits per heavy atom. The summed E-state index contributed by atoms with van der Waals surface area (Å²) in [5, 5.41) is 0. The third-order valence-corrected chi connectivity index (χ3v) is 3.61. The van der Waals surface area contributed by atoms with Crippen LogP contribution in [-0.4, -0.2) is 17.6 Å². The number of nitrogens with one attached hydrogen (secondary N) is 1. The van der Waals surface area contributed by atoms with Crippen LogP contribution in [0.2, 0.25) is 0 Å². The SMILES string of the molecule is CC.CCOC(=O)c1cc(-c2ccc(OCc3ccccc3)cc2)c[nH]1. The third kappa shape index (κ3) is 5.24. The Hall–Kier alpha value is -3.01. The summed E-state index contributed by atoms with van der Waals surface area (Å²) in [6, 6.07) is 19.6. The Kier molecular flexibility index (Phi) is 7.49. The molecule has 0 saturated heterocycles. The average Bonchev–Trinajstić information content (AvgIpc) is 3.20. The van der Waals surface area contributed by atoms with Gasteiger partial charge >= 0.3 is 5.97 Å². The van der Waals surface area contributed by atoms with Crippen LogP contribution in [0.15, 0.2) is 66.9 Å². The Morgan fingerprint density at radius 2 is 1.65 bits per heavy atom. The predicted octanol–water partition coefficient (Wildman–Crippen LogP) is 5.46. The summed E-state index contributed by atoms with van der Waals surface area (Å²) in [5.74, 6) is 0.468. The number of H-pyrrole nitrogens is 1. The summed E-state index contributed by atoms with van der Waals surface area (Å²) >= 11 is 0. The lowest BCUT2D eigenvalue weighted by atomic mass is 10.1. The molecule has 0 aliphatic rings. The maximum absolute atomic E-state index is 11.7. The monoisotopic (exact) mass is 351 g/mol. The molecule has 0 unspecified atom stereocenters. The van der Waals surface area contributed by atoms with E-state index in [2.05, 4.69) is 4.98 Å². The van der Waals surface area contributed by atoms with Gasteiger partial charge in [0.25, 0.3) is 0 Å². The van der Waals surface area contributed by atoms with E-state index in [0.717, 1.165) is 22.4 Å². The van der Waals surface area contributed by atoms with Gasteiger partial charge in [-0.3, -0.25) is 0 Å². The fourth-order valence-corrected chi connectivity index (χ4v) is 2.37. The molecule has 0 radical (unpaired) electrons. The molecule has 1 heterocycles. The van der Waals surface area contributed by atoms with Crippen LogP contribution >= 0.6 is 0 Å². The van der Waals surface area contributed by atoms with E-state index in [1.165, 1.54) is 0 Å². The number of carbonyl (C=O) groups excluding carboxylic acids is 1. The Balaban J connectivity index is 0.00000117. The molecule has 4 nitrogen and oxygen atoms in total. The van der Waals surface area contributed by atoms with Crippen molar-refractivity contribution in [2.45, 2.75) is 27.4 Å². The first-order valence-electron chi connectivity index (χ1n) is 8.89. The number of esters is 1. The van der Waals surface area contributed by atoms with Crippen LogP contribution in [0.25, 0.3) is 11.1 Å². The summed E-state index contributed by atoms with van der Waals surface area (Å²) in [6.45, 7) is 6.69. The highest BCUT2D eigenvalue weighted by Gasteiger charge is 2.10. The number of hydrogen-bond donors (Lipinski definition) is 1. The van der Waals surface area contributed by atoms with E-state index in [1.807, 2.05) is 68.4 Å². The standard InChI is InChI=1S/C20H19NO3.C2H6/c1-2-23-20(22)19-12-17(13-21-19)16-8-10-18(11-9-16)24-14-15-6-4-3-5-7-15;1-2/h3-13,21H,2,14H2,1H3;1-2H3. The molecule has 0 saturated carbocycles. The van der Waals surface area contributed by atoms with Crippen molar-refractivity contribution in [1.29, 1.82) is 0 Å². The molecule has 0 fully saturated rings. The van der Waals surface area contributed by atoms with Crippen molar-refractivity contribution in [2.24, 2.45) is 0 Å². The number of carbonyl (C=O) groups is 1. The maximum atomic E-state index is 11.7. The van der Waals surface area contributed by atoms with Crippen molar-refractivity contribution in [2.75, 3.05) is 6.61 Å². The van der Waals surface area contributed by atoms with Crippen LogP contribution in [-0.2, 0) is 11.3 Å². The minimum absolute atomic E-state index is 0.341. The molecule has 0 aliphatic carbocycles. The van der Waals surface area contributed by atoms with Crippen molar-refractivity contribution in [1.82, 2.24) is 4.98 Å². The number of aromatic nitrogens is 1. The topological polar surface area (TPSA) is 51.3 Å².